The second-order valence-electron chi connectivity index (χ2n) is 8.67. The van der Waals surface area contributed by atoms with Crippen LogP contribution < -0.4 is 0 Å². The zero-order valence-electron chi connectivity index (χ0n) is 21.0. The van der Waals surface area contributed by atoms with Crippen LogP contribution in [0.25, 0.3) is 0 Å². The van der Waals surface area contributed by atoms with Gasteiger partial charge in [0.25, 0.3) is 0 Å². The van der Waals surface area contributed by atoms with Gasteiger partial charge < -0.3 is 18.9 Å². The van der Waals surface area contributed by atoms with Gasteiger partial charge in [0.05, 0.1) is 22.9 Å². The molecule has 1 saturated heterocycles. The molecule has 0 aliphatic carbocycles. The first-order chi connectivity index (χ1) is 19.0. The molecule has 0 unspecified atom stereocenters. The lowest BCUT2D eigenvalue weighted by atomic mass is 10.1. The number of hydrogen-bond acceptors (Lipinski definition) is 9. The van der Waals surface area contributed by atoms with E-state index in [1.54, 1.807) is 102 Å². The van der Waals surface area contributed by atoms with E-state index in [9.17, 15) is 14.4 Å². The Morgan fingerprint density at radius 3 is 1.64 bits per heavy atom. The van der Waals surface area contributed by atoms with Crippen molar-refractivity contribution < 1.29 is 33.3 Å². The molecule has 1 aliphatic heterocycles. The Bertz CT molecular complexity index is 1430. The highest BCUT2D eigenvalue weighted by molar-refractivity contribution is 5.91. The number of aryl methyl sites for hydroxylation is 1. The molecule has 1 aliphatic rings. The third kappa shape index (κ3) is 5.86. The van der Waals surface area contributed by atoms with E-state index in [0.29, 0.717) is 12.2 Å². The van der Waals surface area contributed by atoms with E-state index >= 15 is 0 Å². The van der Waals surface area contributed by atoms with Crippen molar-refractivity contribution in [2.75, 3.05) is 0 Å². The molecule has 4 atom stereocenters. The Labute approximate surface area is 224 Å². The van der Waals surface area contributed by atoms with Crippen molar-refractivity contribution in [2.45, 2.75) is 38.1 Å². The average molecular weight is 528 g/mol. The van der Waals surface area contributed by atoms with E-state index in [1.807, 2.05) is 6.92 Å². The van der Waals surface area contributed by atoms with Crippen LogP contribution in [0.4, 0.5) is 0 Å². The molecule has 0 N–H and O–H groups in total. The summed E-state index contributed by atoms with van der Waals surface area (Å²) < 4.78 is 25.0. The summed E-state index contributed by atoms with van der Waals surface area (Å²) >= 11 is 0. The van der Waals surface area contributed by atoms with Gasteiger partial charge in [0.15, 0.2) is 6.10 Å². The van der Waals surface area contributed by atoms with E-state index in [2.05, 4.69) is 10.3 Å². The molecular weight excluding hydrogens is 502 g/mol. The number of hydrogen-bond donors (Lipinski definition) is 0. The van der Waals surface area contributed by atoms with Crippen LogP contribution in [0.2, 0.25) is 0 Å². The number of ether oxygens (including phenoxy) is 4. The summed E-state index contributed by atoms with van der Waals surface area (Å²) in [5, 5.41) is 8.21. The number of carbonyl (C=O) groups excluding carboxylic acids is 3. The zero-order chi connectivity index (χ0) is 27.2. The molecule has 5 rings (SSSR count). The lowest BCUT2D eigenvalue weighted by Gasteiger charge is -2.23. The molecular formula is C29H25N3O7. The highest BCUT2D eigenvalue weighted by Gasteiger charge is 2.53. The van der Waals surface area contributed by atoms with Gasteiger partial charge in [-0.2, -0.15) is 0 Å². The van der Waals surface area contributed by atoms with Gasteiger partial charge in [-0.25, -0.2) is 14.4 Å². The number of rotatable bonds is 8. The molecule has 0 bridgehead atoms. The molecule has 39 heavy (non-hydrogen) atoms. The third-order valence-corrected chi connectivity index (χ3v) is 6.08. The lowest BCUT2D eigenvalue weighted by Crippen LogP contribution is -2.40. The quantitative estimate of drug-likeness (QED) is 0.247. The molecule has 1 aromatic heterocycles. The van der Waals surface area contributed by atoms with Crippen LogP contribution in [-0.4, -0.2) is 51.4 Å². The monoisotopic (exact) mass is 527 g/mol. The molecule has 10 heteroatoms. The number of benzene rings is 3. The van der Waals surface area contributed by atoms with Gasteiger partial charge in [0, 0.05) is 6.54 Å². The minimum Gasteiger partial charge on any atom is -0.451 e. The van der Waals surface area contributed by atoms with Crippen LogP contribution >= 0.6 is 0 Å². The van der Waals surface area contributed by atoms with Gasteiger partial charge in [0.2, 0.25) is 12.4 Å². The summed E-state index contributed by atoms with van der Waals surface area (Å²) in [5.41, 5.74) is 1.14. The number of aromatic nitrogens is 3. The van der Waals surface area contributed by atoms with Gasteiger partial charge in [-0.15, -0.1) is 5.10 Å². The summed E-state index contributed by atoms with van der Waals surface area (Å²) in [7, 11) is 0. The normalized spacial score (nSPS) is 20.2. The van der Waals surface area contributed by atoms with Gasteiger partial charge in [-0.1, -0.05) is 59.8 Å². The molecule has 4 aromatic rings. The largest absolute Gasteiger partial charge is 0.451 e. The van der Waals surface area contributed by atoms with E-state index in [4.69, 9.17) is 18.9 Å². The summed E-state index contributed by atoms with van der Waals surface area (Å²) in [6.07, 6.45) is -3.34. The van der Waals surface area contributed by atoms with Crippen molar-refractivity contribution in [3.8, 4) is 0 Å². The molecule has 0 saturated carbocycles. The minimum absolute atomic E-state index is 0.263. The molecule has 0 radical (unpaired) electrons. The molecule has 0 spiro atoms. The Morgan fingerprint density at radius 2 is 1.18 bits per heavy atom. The van der Waals surface area contributed by atoms with Crippen molar-refractivity contribution in [1.82, 2.24) is 15.0 Å². The summed E-state index contributed by atoms with van der Waals surface area (Å²) in [6.45, 7) is 2.42. The first-order valence-electron chi connectivity index (χ1n) is 12.4. The SMILES string of the molecule is CCn1cc([C@H]2O[C@@H](OC(=O)c3ccccc3)[C@@H](OC(=O)c3ccccc3)[C@@H]2OC(=O)c2ccccc2)nn1. The maximum absolute atomic E-state index is 13.1. The Hall–Kier alpha value is -4.83. The number of esters is 3. The van der Waals surface area contributed by atoms with Crippen LogP contribution in [0.15, 0.2) is 97.2 Å². The summed E-state index contributed by atoms with van der Waals surface area (Å²) in [5.74, 6) is -2.08. The van der Waals surface area contributed by atoms with Crippen LogP contribution in [0, 0.1) is 0 Å². The highest BCUT2D eigenvalue weighted by atomic mass is 16.7. The number of carbonyl (C=O) groups is 3. The molecule has 2 heterocycles. The Morgan fingerprint density at radius 1 is 0.718 bits per heavy atom. The van der Waals surface area contributed by atoms with E-state index in [1.165, 1.54) is 0 Å². The van der Waals surface area contributed by atoms with Crippen molar-refractivity contribution in [3.05, 3.63) is 120 Å². The van der Waals surface area contributed by atoms with Crippen molar-refractivity contribution in [2.24, 2.45) is 0 Å². The van der Waals surface area contributed by atoms with Crippen molar-refractivity contribution in [1.29, 1.82) is 0 Å². The predicted molar refractivity (Wildman–Crippen MR) is 136 cm³/mol. The standard InChI is InChI=1S/C29H25N3O7/c1-2-32-18-22(30-31-32)23-24(36-26(33)19-12-6-3-7-13-19)25(37-27(34)20-14-8-4-9-15-20)29(38-23)39-28(35)21-16-10-5-11-17-21/h3-18,23-25,29H,2H2,1H3/t23-,24-,25+,29+/m1/s1. The van der Waals surface area contributed by atoms with Gasteiger partial charge in [0.1, 0.15) is 11.8 Å². The topological polar surface area (TPSA) is 119 Å². The molecule has 3 aromatic carbocycles. The van der Waals surface area contributed by atoms with Crippen molar-refractivity contribution in [3.63, 3.8) is 0 Å². The molecule has 198 valence electrons. The number of nitrogens with zero attached hydrogens (tertiary/aromatic N) is 3. The summed E-state index contributed by atoms with van der Waals surface area (Å²) in [6, 6.07) is 25.0. The van der Waals surface area contributed by atoms with Crippen LogP contribution in [0.1, 0.15) is 49.8 Å². The molecule has 0 amide bonds. The predicted octanol–water partition coefficient (Wildman–Crippen LogP) is 4.00. The van der Waals surface area contributed by atoms with Gasteiger partial charge in [-0.3, -0.25) is 4.68 Å². The lowest BCUT2D eigenvalue weighted by molar-refractivity contribution is -0.137. The fourth-order valence-electron chi connectivity index (χ4n) is 4.09. The van der Waals surface area contributed by atoms with Gasteiger partial charge >= 0.3 is 17.9 Å². The summed E-state index contributed by atoms with van der Waals surface area (Å²) in [4.78, 5) is 39.2. The molecule has 10 nitrogen and oxygen atoms in total. The third-order valence-electron chi connectivity index (χ3n) is 6.08. The second kappa shape index (κ2) is 11.7. The van der Waals surface area contributed by atoms with Crippen LogP contribution in [0.3, 0.4) is 0 Å². The fraction of sp³-hybridized carbons (Fsp3) is 0.207. The average Bonchev–Trinajstić information content (AvgIpc) is 3.59. The smallest absolute Gasteiger partial charge is 0.340 e. The Balaban J connectivity index is 1.50. The van der Waals surface area contributed by atoms with Gasteiger partial charge in [-0.05, 0) is 43.3 Å². The maximum Gasteiger partial charge on any atom is 0.340 e. The zero-order valence-corrected chi connectivity index (χ0v) is 21.0. The molecule has 1 fully saturated rings. The second-order valence-corrected chi connectivity index (χ2v) is 8.67. The van der Waals surface area contributed by atoms with E-state index in [0.717, 1.165) is 0 Å². The van der Waals surface area contributed by atoms with E-state index < -0.39 is 42.5 Å². The minimum atomic E-state index is -1.41. The first kappa shape index (κ1) is 25.8. The first-order valence-corrected chi connectivity index (χ1v) is 12.4. The van der Waals surface area contributed by atoms with Crippen molar-refractivity contribution >= 4 is 17.9 Å². The fourth-order valence-corrected chi connectivity index (χ4v) is 4.09. The highest BCUT2D eigenvalue weighted by Crippen LogP contribution is 2.38. The maximum atomic E-state index is 13.1. The van der Waals surface area contributed by atoms with E-state index in [-0.39, 0.29) is 16.7 Å². The van der Waals surface area contributed by atoms with Crippen LogP contribution in [0.5, 0.6) is 0 Å². The Kier molecular flexibility index (Phi) is 7.74. The van der Waals surface area contributed by atoms with Crippen LogP contribution in [-0.2, 0) is 25.5 Å².